The predicted molar refractivity (Wildman–Crippen MR) is 142 cm³/mol. The topological polar surface area (TPSA) is 92.1 Å². The Balaban J connectivity index is 1.78. The van der Waals surface area contributed by atoms with Crippen LogP contribution >= 0.6 is 0 Å². The van der Waals surface area contributed by atoms with E-state index in [0.717, 1.165) is 31.4 Å². The van der Waals surface area contributed by atoms with E-state index in [1.54, 1.807) is 43.3 Å². The van der Waals surface area contributed by atoms with Gasteiger partial charge in [-0.3, -0.25) is 14.5 Å². The fourth-order valence-electron chi connectivity index (χ4n) is 4.60. The maximum Gasteiger partial charge on any atom is 0.338 e. The zero-order valence-corrected chi connectivity index (χ0v) is 21.5. The first-order chi connectivity index (χ1) is 17.9. The van der Waals surface area contributed by atoms with Gasteiger partial charge < -0.3 is 19.4 Å². The second kappa shape index (κ2) is 11.8. The van der Waals surface area contributed by atoms with Gasteiger partial charge in [0.1, 0.15) is 6.04 Å². The van der Waals surface area contributed by atoms with Gasteiger partial charge in [0.05, 0.1) is 18.4 Å². The maximum atomic E-state index is 13.8. The molecule has 1 N–H and O–H groups in total. The van der Waals surface area contributed by atoms with Crippen LogP contribution in [0.4, 0.5) is 11.4 Å². The van der Waals surface area contributed by atoms with Crippen LogP contribution in [0.15, 0.2) is 71.3 Å². The molecule has 2 aromatic carbocycles. The number of anilines is 2. The first kappa shape index (κ1) is 26.0. The molecule has 0 radical (unpaired) electrons. The van der Waals surface area contributed by atoms with Crippen molar-refractivity contribution in [2.45, 2.75) is 44.7 Å². The third-order valence-electron chi connectivity index (χ3n) is 6.54. The molecule has 37 heavy (non-hydrogen) atoms. The Morgan fingerprint density at radius 2 is 1.62 bits per heavy atom. The van der Waals surface area contributed by atoms with Crippen molar-refractivity contribution < 1.29 is 23.5 Å². The molecule has 1 saturated carbocycles. The number of amides is 2. The largest absolute Gasteiger partial charge is 0.462 e. The second-order valence-corrected chi connectivity index (χ2v) is 9.30. The molecule has 1 heterocycles. The summed E-state index contributed by atoms with van der Waals surface area (Å²) in [6.07, 6.45) is 5.39. The van der Waals surface area contributed by atoms with E-state index in [2.05, 4.69) is 5.32 Å². The van der Waals surface area contributed by atoms with Crippen LogP contribution in [0.5, 0.6) is 0 Å². The van der Waals surface area contributed by atoms with Gasteiger partial charge in [0.25, 0.3) is 5.91 Å². The van der Waals surface area contributed by atoms with Gasteiger partial charge in [-0.05, 0) is 73.9 Å². The van der Waals surface area contributed by atoms with Crippen LogP contribution < -0.4 is 15.1 Å². The third kappa shape index (κ3) is 6.02. The lowest BCUT2D eigenvalue weighted by Gasteiger charge is -2.32. The monoisotopic (exact) mass is 503 g/mol. The molecule has 1 aliphatic rings. The predicted octanol–water partition coefficient (Wildman–Crippen LogP) is 4.97. The molecule has 194 valence electrons. The molecule has 4 rings (SSSR count). The molecule has 0 unspecified atom stereocenters. The Hall–Kier alpha value is -4.07. The van der Waals surface area contributed by atoms with Crippen LogP contribution in [0, 0.1) is 0 Å². The summed E-state index contributed by atoms with van der Waals surface area (Å²) in [5, 5.41) is 3.16. The smallest absolute Gasteiger partial charge is 0.338 e. The lowest BCUT2D eigenvalue weighted by atomic mass is 10.0. The van der Waals surface area contributed by atoms with E-state index in [1.165, 1.54) is 11.2 Å². The van der Waals surface area contributed by atoms with E-state index >= 15 is 0 Å². The lowest BCUT2D eigenvalue weighted by molar-refractivity contribution is -0.123. The minimum Gasteiger partial charge on any atom is -0.462 e. The normalized spacial score (nSPS) is 14.1. The van der Waals surface area contributed by atoms with Crippen molar-refractivity contribution in [2.24, 2.45) is 0 Å². The van der Waals surface area contributed by atoms with E-state index in [9.17, 15) is 14.4 Å². The SMILES string of the molecule is CCOC(=O)c1ccc(N(C(=O)c2ccco2)[C@@H](C(=O)NC2CCCC2)c2ccc(N(C)C)cc2)cc1. The van der Waals surface area contributed by atoms with Crippen LogP contribution in [-0.4, -0.2) is 44.5 Å². The fraction of sp³-hybridized carbons (Fsp3) is 0.345. The highest BCUT2D eigenvalue weighted by atomic mass is 16.5. The Labute approximate surface area is 217 Å². The van der Waals surface area contributed by atoms with Gasteiger partial charge in [0, 0.05) is 31.5 Å². The molecule has 3 aromatic rings. The highest BCUT2D eigenvalue weighted by Crippen LogP contribution is 2.32. The average molecular weight is 504 g/mol. The lowest BCUT2D eigenvalue weighted by Crippen LogP contribution is -2.46. The minimum absolute atomic E-state index is 0.0720. The summed E-state index contributed by atoms with van der Waals surface area (Å²) in [4.78, 5) is 43.3. The van der Waals surface area contributed by atoms with E-state index < -0.39 is 17.9 Å². The number of nitrogens with zero attached hydrogens (tertiary/aromatic N) is 2. The number of furan rings is 1. The van der Waals surface area contributed by atoms with Crippen molar-refractivity contribution in [3.63, 3.8) is 0 Å². The number of esters is 1. The molecule has 1 aromatic heterocycles. The summed E-state index contributed by atoms with van der Waals surface area (Å²) in [6, 6.07) is 16.4. The summed E-state index contributed by atoms with van der Waals surface area (Å²) in [5.41, 5.74) is 2.45. The van der Waals surface area contributed by atoms with E-state index in [1.807, 2.05) is 43.3 Å². The highest BCUT2D eigenvalue weighted by Gasteiger charge is 2.36. The number of ether oxygens (including phenoxy) is 1. The van der Waals surface area contributed by atoms with Crippen LogP contribution in [0.3, 0.4) is 0 Å². The first-order valence-electron chi connectivity index (χ1n) is 12.6. The van der Waals surface area contributed by atoms with Gasteiger partial charge in [0.2, 0.25) is 5.91 Å². The van der Waals surface area contributed by atoms with Crippen LogP contribution in [0.25, 0.3) is 0 Å². The maximum absolute atomic E-state index is 13.8. The molecule has 1 atom stereocenters. The van der Waals surface area contributed by atoms with E-state index in [0.29, 0.717) is 16.8 Å². The highest BCUT2D eigenvalue weighted by molar-refractivity contribution is 6.09. The van der Waals surface area contributed by atoms with Crippen molar-refractivity contribution in [1.29, 1.82) is 0 Å². The molecule has 0 bridgehead atoms. The van der Waals surface area contributed by atoms with Gasteiger partial charge in [-0.1, -0.05) is 25.0 Å². The van der Waals surface area contributed by atoms with Gasteiger partial charge in [-0.15, -0.1) is 0 Å². The van der Waals surface area contributed by atoms with Crippen molar-refractivity contribution in [3.8, 4) is 0 Å². The summed E-state index contributed by atoms with van der Waals surface area (Å²) < 4.78 is 10.5. The third-order valence-corrected chi connectivity index (χ3v) is 6.54. The quantitative estimate of drug-likeness (QED) is 0.415. The Morgan fingerprint density at radius 3 is 2.19 bits per heavy atom. The summed E-state index contributed by atoms with van der Waals surface area (Å²) in [5.74, 6) is -1.07. The average Bonchev–Trinajstić information content (AvgIpc) is 3.62. The molecule has 8 nitrogen and oxygen atoms in total. The van der Waals surface area contributed by atoms with Gasteiger partial charge in [-0.2, -0.15) is 0 Å². The number of rotatable bonds is 9. The van der Waals surface area contributed by atoms with Crippen LogP contribution in [0.2, 0.25) is 0 Å². The number of nitrogens with one attached hydrogen (secondary N) is 1. The summed E-state index contributed by atoms with van der Waals surface area (Å²) >= 11 is 0. The van der Waals surface area contributed by atoms with Crippen molar-refractivity contribution >= 4 is 29.2 Å². The molecular weight excluding hydrogens is 470 g/mol. The summed E-state index contributed by atoms with van der Waals surface area (Å²) in [7, 11) is 3.88. The zero-order valence-electron chi connectivity index (χ0n) is 21.5. The Kier molecular flexibility index (Phi) is 8.28. The molecule has 1 fully saturated rings. The number of benzene rings is 2. The number of carbonyl (C=O) groups is 3. The standard InChI is InChI=1S/C29H33N3O5/c1-4-36-29(35)21-13-17-24(18-14-21)32(28(34)25-10-7-19-37-25)26(27(33)30-22-8-5-6-9-22)20-11-15-23(16-12-20)31(2)3/h7,10-19,22,26H,4-6,8-9H2,1-3H3,(H,30,33)/t26-/m1/s1. The Bertz CT molecular complexity index is 1200. The molecule has 0 aliphatic heterocycles. The molecule has 2 amide bonds. The molecule has 1 aliphatic carbocycles. The molecular formula is C29H33N3O5. The van der Waals surface area contributed by atoms with Gasteiger partial charge in [-0.25, -0.2) is 4.79 Å². The molecule has 0 saturated heterocycles. The van der Waals surface area contributed by atoms with Gasteiger partial charge in [0.15, 0.2) is 5.76 Å². The second-order valence-electron chi connectivity index (χ2n) is 9.30. The van der Waals surface area contributed by atoms with Crippen molar-refractivity contribution in [2.75, 3.05) is 30.5 Å². The van der Waals surface area contributed by atoms with Crippen molar-refractivity contribution in [3.05, 3.63) is 83.8 Å². The first-order valence-corrected chi connectivity index (χ1v) is 12.6. The fourth-order valence-corrected chi connectivity index (χ4v) is 4.60. The zero-order chi connectivity index (χ0) is 26.4. The van der Waals surface area contributed by atoms with E-state index in [-0.39, 0.29) is 24.3 Å². The number of carbonyl (C=O) groups excluding carboxylic acids is 3. The summed E-state index contributed by atoms with van der Waals surface area (Å²) in [6.45, 7) is 2.00. The molecule has 0 spiro atoms. The van der Waals surface area contributed by atoms with Crippen LogP contribution in [0.1, 0.15) is 65.1 Å². The Morgan fingerprint density at radius 1 is 0.973 bits per heavy atom. The van der Waals surface area contributed by atoms with Crippen LogP contribution in [-0.2, 0) is 9.53 Å². The molecule has 8 heteroatoms. The van der Waals surface area contributed by atoms with Crippen molar-refractivity contribution in [1.82, 2.24) is 5.32 Å². The minimum atomic E-state index is -0.956. The number of hydrogen-bond acceptors (Lipinski definition) is 6. The van der Waals surface area contributed by atoms with E-state index in [4.69, 9.17) is 9.15 Å². The number of hydrogen-bond donors (Lipinski definition) is 1. The van der Waals surface area contributed by atoms with Gasteiger partial charge >= 0.3 is 5.97 Å².